The van der Waals surface area contributed by atoms with Crippen LogP contribution in [0.5, 0.6) is 0 Å². The first-order valence-electron chi connectivity index (χ1n) is 4.63. The van der Waals surface area contributed by atoms with Gasteiger partial charge in [0.1, 0.15) is 6.61 Å². The summed E-state index contributed by atoms with van der Waals surface area (Å²) in [5, 5.41) is 9.18. The molecular weight excluding hydrogens is 259 g/mol. The van der Waals surface area contributed by atoms with E-state index in [1.54, 1.807) is 6.92 Å². The van der Waals surface area contributed by atoms with E-state index in [0.29, 0.717) is 9.88 Å². The van der Waals surface area contributed by atoms with Crippen molar-refractivity contribution in [2.75, 3.05) is 13.2 Å². The minimum absolute atomic E-state index is 0.0548. The Morgan fingerprint density at radius 1 is 1.53 bits per heavy atom. The van der Waals surface area contributed by atoms with E-state index in [1.807, 2.05) is 0 Å². The lowest BCUT2D eigenvalue weighted by atomic mass is 10.4. The number of aryl methyl sites for hydroxylation is 1. The molecule has 0 spiro atoms. The highest BCUT2D eigenvalue weighted by Gasteiger charge is 2.27. The number of rotatable bonds is 5. The minimum Gasteiger partial charge on any atom is -0.476 e. The molecule has 96 valence electrons. The topological polar surface area (TPSA) is 59.4 Å². The van der Waals surface area contributed by atoms with E-state index in [1.165, 1.54) is 0 Å². The lowest BCUT2D eigenvalue weighted by Crippen LogP contribution is -2.17. The van der Waals surface area contributed by atoms with Gasteiger partial charge in [-0.2, -0.15) is 13.2 Å². The van der Waals surface area contributed by atoms with Crippen molar-refractivity contribution >= 4 is 17.3 Å². The summed E-state index contributed by atoms with van der Waals surface area (Å²) in [6, 6.07) is 0. The molecule has 0 amide bonds. The Morgan fingerprint density at radius 2 is 2.18 bits per heavy atom. The Balaban J connectivity index is 2.43. The van der Waals surface area contributed by atoms with Gasteiger partial charge in [0.05, 0.1) is 11.6 Å². The third-order valence-electron chi connectivity index (χ3n) is 1.77. The van der Waals surface area contributed by atoms with E-state index in [2.05, 4.69) is 9.72 Å². The van der Waals surface area contributed by atoms with E-state index in [9.17, 15) is 18.0 Å². The number of aromatic nitrogens is 1. The quantitative estimate of drug-likeness (QED) is 0.833. The van der Waals surface area contributed by atoms with Gasteiger partial charge in [0, 0.05) is 11.3 Å². The van der Waals surface area contributed by atoms with Crippen LogP contribution < -0.4 is 0 Å². The standard InChI is InChI=1S/C9H10F3NO3S/c1-5-7(8(14)15)13-6(17-5)2-3-16-4-9(10,11)12/h2-4H2,1H3,(H,14,15). The molecule has 0 aliphatic rings. The van der Waals surface area contributed by atoms with Crippen LogP contribution in [-0.2, 0) is 11.2 Å². The molecule has 1 rings (SSSR count). The van der Waals surface area contributed by atoms with Gasteiger partial charge < -0.3 is 9.84 Å². The van der Waals surface area contributed by atoms with E-state index in [0.717, 1.165) is 11.3 Å². The summed E-state index contributed by atoms with van der Waals surface area (Å²) in [4.78, 5) is 15.0. The molecule has 0 aliphatic carbocycles. The fraction of sp³-hybridized carbons (Fsp3) is 0.556. The number of alkyl halides is 3. The number of carboxylic acids is 1. The molecule has 0 aliphatic heterocycles. The van der Waals surface area contributed by atoms with E-state index >= 15 is 0 Å². The van der Waals surface area contributed by atoms with Crippen molar-refractivity contribution in [3.8, 4) is 0 Å². The molecule has 0 radical (unpaired) electrons. The van der Waals surface area contributed by atoms with Crippen molar-refractivity contribution in [1.82, 2.24) is 4.98 Å². The van der Waals surface area contributed by atoms with E-state index in [-0.39, 0.29) is 18.7 Å². The van der Waals surface area contributed by atoms with Crippen LogP contribution in [0.2, 0.25) is 0 Å². The lowest BCUT2D eigenvalue weighted by Gasteiger charge is -2.05. The molecule has 0 fully saturated rings. The number of nitrogens with zero attached hydrogens (tertiary/aromatic N) is 1. The van der Waals surface area contributed by atoms with Gasteiger partial charge >= 0.3 is 12.1 Å². The predicted octanol–water partition coefficient (Wildman–Crippen LogP) is 2.27. The number of hydrogen-bond donors (Lipinski definition) is 1. The smallest absolute Gasteiger partial charge is 0.411 e. The highest BCUT2D eigenvalue weighted by atomic mass is 32.1. The molecule has 17 heavy (non-hydrogen) atoms. The first kappa shape index (κ1) is 13.9. The monoisotopic (exact) mass is 269 g/mol. The van der Waals surface area contributed by atoms with Crippen LogP contribution in [-0.4, -0.2) is 35.4 Å². The third-order valence-corrected chi connectivity index (χ3v) is 2.80. The average molecular weight is 269 g/mol. The average Bonchev–Trinajstić information content (AvgIpc) is 2.53. The van der Waals surface area contributed by atoms with Crippen molar-refractivity contribution in [1.29, 1.82) is 0 Å². The number of carboxylic acid groups (broad SMARTS) is 1. The lowest BCUT2D eigenvalue weighted by molar-refractivity contribution is -0.173. The van der Waals surface area contributed by atoms with Crippen molar-refractivity contribution in [3.63, 3.8) is 0 Å². The zero-order valence-electron chi connectivity index (χ0n) is 8.87. The Kier molecular flexibility index (Phi) is 4.47. The van der Waals surface area contributed by atoms with Gasteiger partial charge in [0.2, 0.25) is 0 Å². The van der Waals surface area contributed by atoms with E-state index < -0.39 is 18.8 Å². The Hall–Kier alpha value is -1.15. The van der Waals surface area contributed by atoms with Gasteiger partial charge in [-0.15, -0.1) is 11.3 Å². The van der Waals surface area contributed by atoms with Crippen LogP contribution >= 0.6 is 11.3 Å². The molecule has 1 aromatic rings. The van der Waals surface area contributed by atoms with Crippen molar-refractivity contribution in [3.05, 3.63) is 15.6 Å². The molecule has 0 saturated heterocycles. The van der Waals surface area contributed by atoms with Crippen LogP contribution in [0.25, 0.3) is 0 Å². The highest BCUT2D eigenvalue weighted by molar-refractivity contribution is 7.11. The summed E-state index contributed by atoms with van der Waals surface area (Å²) in [5.74, 6) is -1.14. The van der Waals surface area contributed by atoms with Crippen LogP contribution in [0.3, 0.4) is 0 Å². The van der Waals surface area contributed by atoms with Crippen LogP contribution in [0.1, 0.15) is 20.4 Å². The zero-order chi connectivity index (χ0) is 13.1. The first-order valence-corrected chi connectivity index (χ1v) is 5.45. The predicted molar refractivity (Wildman–Crippen MR) is 54.4 cm³/mol. The number of aromatic carboxylic acids is 1. The largest absolute Gasteiger partial charge is 0.476 e. The molecule has 4 nitrogen and oxygen atoms in total. The second kappa shape index (κ2) is 5.46. The summed E-state index contributed by atoms with van der Waals surface area (Å²) >= 11 is 1.15. The van der Waals surface area contributed by atoms with Crippen LogP contribution in [0.15, 0.2) is 0 Å². The zero-order valence-corrected chi connectivity index (χ0v) is 9.69. The molecule has 0 bridgehead atoms. The Morgan fingerprint density at radius 3 is 2.65 bits per heavy atom. The SMILES string of the molecule is Cc1sc(CCOCC(F)(F)F)nc1C(=O)O. The molecule has 0 saturated carbocycles. The molecule has 1 N–H and O–H groups in total. The number of hydrogen-bond acceptors (Lipinski definition) is 4. The Bertz CT molecular complexity index is 403. The summed E-state index contributed by atoms with van der Waals surface area (Å²) in [6.07, 6.45) is -4.17. The summed E-state index contributed by atoms with van der Waals surface area (Å²) < 4.78 is 39.6. The molecule has 0 unspecified atom stereocenters. The summed E-state index contributed by atoms with van der Waals surface area (Å²) in [5.41, 5.74) is -0.0548. The fourth-order valence-corrected chi connectivity index (χ4v) is 2.01. The maximum absolute atomic E-state index is 11.7. The van der Waals surface area contributed by atoms with E-state index in [4.69, 9.17) is 5.11 Å². The van der Waals surface area contributed by atoms with Gasteiger partial charge in [0.25, 0.3) is 0 Å². The maximum Gasteiger partial charge on any atom is 0.411 e. The van der Waals surface area contributed by atoms with Crippen LogP contribution in [0.4, 0.5) is 13.2 Å². The number of halogens is 3. The van der Waals surface area contributed by atoms with Gasteiger partial charge in [0.15, 0.2) is 5.69 Å². The second-order valence-electron chi connectivity index (χ2n) is 3.24. The minimum atomic E-state index is -4.34. The van der Waals surface area contributed by atoms with Gasteiger partial charge in [-0.05, 0) is 6.92 Å². The van der Waals surface area contributed by atoms with Crippen molar-refractivity contribution in [2.45, 2.75) is 19.5 Å². The molecular formula is C9H10F3NO3S. The molecule has 8 heteroatoms. The fourth-order valence-electron chi connectivity index (χ4n) is 1.10. The Labute approximate surface area is 99.0 Å². The first-order chi connectivity index (χ1) is 7.79. The molecule has 1 aromatic heterocycles. The maximum atomic E-state index is 11.7. The van der Waals surface area contributed by atoms with Gasteiger partial charge in [-0.3, -0.25) is 0 Å². The van der Waals surface area contributed by atoms with Crippen LogP contribution in [0, 0.1) is 6.92 Å². The summed E-state index contributed by atoms with van der Waals surface area (Å²) in [6.45, 7) is 0.163. The second-order valence-corrected chi connectivity index (χ2v) is 4.52. The number of carbonyl (C=O) groups is 1. The third kappa shape index (κ3) is 4.70. The normalized spacial score (nSPS) is 11.8. The molecule has 1 heterocycles. The highest BCUT2D eigenvalue weighted by Crippen LogP contribution is 2.19. The molecule has 0 atom stereocenters. The van der Waals surface area contributed by atoms with Gasteiger partial charge in [-0.1, -0.05) is 0 Å². The molecule has 0 aromatic carbocycles. The summed E-state index contributed by atoms with van der Waals surface area (Å²) in [7, 11) is 0. The van der Waals surface area contributed by atoms with Crippen molar-refractivity contribution < 1.29 is 27.8 Å². The number of ether oxygens (including phenoxy) is 1. The van der Waals surface area contributed by atoms with Gasteiger partial charge in [-0.25, -0.2) is 9.78 Å². The van der Waals surface area contributed by atoms with Crippen molar-refractivity contribution in [2.24, 2.45) is 0 Å². The number of thiazole rings is 1.